The molecule has 0 aliphatic heterocycles. The average Bonchev–Trinajstić information content (AvgIpc) is 3.16. The summed E-state index contributed by atoms with van der Waals surface area (Å²) in [6.07, 6.45) is 0.0980. The minimum atomic E-state index is -3.36. The lowest BCUT2D eigenvalue weighted by Gasteiger charge is -2.09. The van der Waals surface area contributed by atoms with Crippen LogP contribution in [-0.4, -0.2) is 51.9 Å². The number of benzene rings is 2. The third-order valence-corrected chi connectivity index (χ3v) is 7.78. The number of hydrogen-bond acceptors (Lipinski definition) is 8. The number of carbonyl (C=O) groups is 2. The van der Waals surface area contributed by atoms with Crippen LogP contribution in [0.25, 0.3) is 10.2 Å². The van der Waals surface area contributed by atoms with Crippen LogP contribution in [0.15, 0.2) is 47.5 Å². The van der Waals surface area contributed by atoms with E-state index >= 15 is 0 Å². The van der Waals surface area contributed by atoms with Crippen molar-refractivity contribution in [2.24, 2.45) is 4.99 Å². The van der Waals surface area contributed by atoms with E-state index in [1.807, 2.05) is 6.07 Å². The number of amides is 1. The number of fused-ring (bicyclic) bond motifs is 1. The van der Waals surface area contributed by atoms with Gasteiger partial charge in [0.15, 0.2) is 14.6 Å². The van der Waals surface area contributed by atoms with Crippen LogP contribution in [0.3, 0.4) is 0 Å². The first-order valence-corrected chi connectivity index (χ1v) is 13.0. The van der Waals surface area contributed by atoms with Crippen molar-refractivity contribution in [1.29, 1.82) is 0 Å². The molecule has 3 rings (SSSR count). The van der Waals surface area contributed by atoms with E-state index in [1.54, 1.807) is 36.4 Å². The molecule has 34 heavy (non-hydrogen) atoms. The zero-order valence-corrected chi connectivity index (χ0v) is 20.8. The number of rotatable bonds is 10. The van der Waals surface area contributed by atoms with Crippen LogP contribution in [0, 0.1) is 0 Å². The van der Waals surface area contributed by atoms with E-state index < -0.39 is 21.7 Å². The topological polar surface area (TPSA) is 113 Å². The summed E-state index contributed by atoms with van der Waals surface area (Å²) in [6, 6.07) is 12.3. The first-order valence-electron chi connectivity index (χ1n) is 10.4. The second-order valence-electron chi connectivity index (χ2n) is 7.38. The van der Waals surface area contributed by atoms with Crippen LogP contribution in [0.1, 0.15) is 18.4 Å². The number of sulfone groups is 1. The molecule has 0 aliphatic carbocycles. The van der Waals surface area contributed by atoms with Gasteiger partial charge in [-0.25, -0.2) is 8.42 Å². The molecule has 0 atom stereocenters. The first-order chi connectivity index (χ1) is 16.3. The Labute approximate surface area is 201 Å². The zero-order valence-electron chi connectivity index (χ0n) is 19.1. The van der Waals surface area contributed by atoms with Gasteiger partial charge in [-0.1, -0.05) is 41.7 Å². The highest BCUT2D eigenvalue weighted by Gasteiger charge is 2.19. The van der Waals surface area contributed by atoms with Gasteiger partial charge in [0.05, 0.1) is 32.8 Å². The Morgan fingerprint density at radius 1 is 1.00 bits per heavy atom. The molecule has 0 radical (unpaired) electrons. The van der Waals surface area contributed by atoms with Gasteiger partial charge < -0.3 is 18.8 Å². The Morgan fingerprint density at radius 2 is 1.68 bits per heavy atom. The maximum Gasteiger partial charge on any atom is 0.325 e. The van der Waals surface area contributed by atoms with E-state index in [1.165, 1.54) is 37.2 Å². The van der Waals surface area contributed by atoms with Crippen molar-refractivity contribution in [2.75, 3.05) is 27.1 Å². The summed E-state index contributed by atoms with van der Waals surface area (Å²) in [5.41, 5.74) is 1.25. The van der Waals surface area contributed by atoms with Crippen LogP contribution in [0.5, 0.6) is 11.5 Å². The fourth-order valence-corrected chi connectivity index (χ4v) is 5.97. The Bertz CT molecular complexity index is 1340. The third kappa shape index (κ3) is 6.23. The molecule has 0 aliphatic rings. The second-order valence-corrected chi connectivity index (χ2v) is 10.5. The highest BCUT2D eigenvalue weighted by Crippen LogP contribution is 2.35. The number of ether oxygens (including phenoxy) is 3. The van der Waals surface area contributed by atoms with Gasteiger partial charge in [0.2, 0.25) is 5.91 Å². The summed E-state index contributed by atoms with van der Waals surface area (Å²) >= 11 is 1.17. The molecule has 2 aromatic carbocycles. The number of esters is 1. The van der Waals surface area contributed by atoms with Crippen molar-refractivity contribution in [2.45, 2.75) is 25.1 Å². The van der Waals surface area contributed by atoms with Gasteiger partial charge in [0.25, 0.3) is 0 Å². The number of nitrogens with zero attached hydrogens (tertiary/aromatic N) is 2. The fourth-order valence-electron chi connectivity index (χ4n) is 3.39. The van der Waals surface area contributed by atoms with E-state index in [9.17, 15) is 18.0 Å². The maximum atomic E-state index is 12.6. The molecule has 1 amide bonds. The normalized spacial score (nSPS) is 12.0. The van der Waals surface area contributed by atoms with Crippen molar-refractivity contribution in [3.05, 3.63) is 52.8 Å². The fraction of sp³-hybridized carbons (Fsp3) is 0.348. The highest BCUT2D eigenvalue weighted by atomic mass is 32.2. The molecule has 0 fully saturated rings. The van der Waals surface area contributed by atoms with Crippen molar-refractivity contribution in [3.63, 3.8) is 0 Å². The van der Waals surface area contributed by atoms with Crippen LogP contribution in [-0.2, 0) is 36.5 Å². The number of aromatic nitrogens is 1. The molecule has 11 heteroatoms. The summed E-state index contributed by atoms with van der Waals surface area (Å²) < 4.78 is 42.6. The Balaban J connectivity index is 1.84. The largest absolute Gasteiger partial charge is 0.495 e. The molecule has 0 spiro atoms. The molecule has 1 heterocycles. The van der Waals surface area contributed by atoms with Gasteiger partial charge in [-0.2, -0.15) is 4.99 Å². The van der Waals surface area contributed by atoms with Gasteiger partial charge in [-0.05, 0) is 24.1 Å². The van der Waals surface area contributed by atoms with Crippen LogP contribution in [0.4, 0.5) is 0 Å². The van der Waals surface area contributed by atoms with E-state index in [0.717, 1.165) is 0 Å². The molecular formula is C23H26N2O7S2. The maximum absolute atomic E-state index is 12.6. The van der Waals surface area contributed by atoms with Gasteiger partial charge >= 0.3 is 5.97 Å². The molecule has 1 aromatic heterocycles. The number of thiazole rings is 1. The van der Waals surface area contributed by atoms with Crippen LogP contribution >= 0.6 is 11.3 Å². The minimum absolute atomic E-state index is 0.0469. The van der Waals surface area contributed by atoms with Crippen LogP contribution in [0.2, 0.25) is 0 Å². The molecule has 0 unspecified atom stereocenters. The van der Waals surface area contributed by atoms with Gasteiger partial charge in [-0.15, -0.1) is 0 Å². The second kappa shape index (κ2) is 11.3. The van der Waals surface area contributed by atoms with Crippen LogP contribution < -0.4 is 14.3 Å². The Kier molecular flexibility index (Phi) is 8.46. The van der Waals surface area contributed by atoms with Crippen molar-refractivity contribution in [3.8, 4) is 11.5 Å². The molecule has 0 saturated heterocycles. The highest BCUT2D eigenvalue weighted by molar-refractivity contribution is 7.90. The summed E-state index contributed by atoms with van der Waals surface area (Å²) in [6.45, 7) is -0.183. The lowest BCUT2D eigenvalue weighted by atomic mass is 10.2. The predicted octanol–water partition coefficient (Wildman–Crippen LogP) is 2.72. The zero-order chi connectivity index (χ0) is 24.7. The van der Waals surface area contributed by atoms with Crippen molar-refractivity contribution < 1.29 is 32.2 Å². The standard InChI is InChI=1S/C23H26N2O7S2/c1-30-17-11-12-18(31-2)22-21(17)25(14-20(27)32-3)23(33-22)24-19(26)10-7-13-34(28,29)15-16-8-5-4-6-9-16/h4-6,8-9,11-12H,7,10,13-15H2,1-3H3. The summed E-state index contributed by atoms with van der Waals surface area (Å²) in [7, 11) is 0.928. The third-order valence-electron chi connectivity index (χ3n) is 5.00. The van der Waals surface area contributed by atoms with Crippen molar-refractivity contribution >= 4 is 43.3 Å². The SMILES string of the molecule is COC(=O)Cn1c(=NC(=O)CCCS(=O)(=O)Cc2ccccc2)sc2c(OC)ccc(OC)c21. The molecule has 0 bridgehead atoms. The smallest absolute Gasteiger partial charge is 0.325 e. The van der Waals surface area contributed by atoms with Gasteiger partial charge in [0.1, 0.15) is 28.3 Å². The quantitative estimate of drug-likeness (QED) is 0.389. The number of methoxy groups -OCH3 is 3. The number of hydrogen-bond donors (Lipinski definition) is 0. The predicted molar refractivity (Wildman–Crippen MR) is 129 cm³/mol. The van der Waals surface area contributed by atoms with E-state index in [-0.39, 0.29) is 35.7 Å². The number of carbonyl (C=O) groups excluding carboxylic acids is 2. The van der Waals surface area contributed by atoms with Gasteiger partial charge in [-0.3, -0.25) is 9.59 Å². The van der Waals surface area contributed by atoms with Gasteiger partial charge in [0, 0.05) is 6.42 Å². The Morgan fingerprint density at radius 3 is 2.32 bits per heavy atom. The molecule has 182 valence electrons. The summed E-state index contributed by atoms with van der Waals surface area (Å²) in [5, 5.41) is 0. The van der Waals surface area contributed by atoms with E-state index in [0.29, 0.717) is 27.3 Å². The Hall–Kier alpha value is -3.18. The van der Waals surface area contributed by atoms with E-state index in [2.05, 4.69) is 4.99 Å². The van der Waals surface area contributed by atoms with E-state index in [4.69, 9.17) is 14.2 Å². The summed E-state index contributed by atoms with van der Waals surface area (Å²) in [4.78, 5) is 29.1. The molecule has 9 nitrogen and oxygen atoms in total. The lowest BCUT2D eigenvalue weighted by Crippen LogP contribution is -2.22. The molecular weight excluding hydrogens is 480 g/mol. The average molecular weight is 507 g/mol. The first kappa shape index (κ1) is 25.4. The van der Waals surface area contributed by atoms with Crippen molar-refractivity contribution in [1.82, 2.24) is 4.57 Å². The monoisotopic (exact) mass is 506 g/mol. The molecule has 0 N–H and O–H groups in total. The molecule has 0 saturated carbocycles. The summed E-state index contributed by atoms with van der Waals surface area (Å²) in [5.74, 6) is -0.186. The lowest BCUT2D eigenvalue weighted by molar-refractivity contribution is -0.141. The molecule has 3 aromatic rings. The minimum Gasteiger partial charge on any atom is -0.495 e.